The number of nitrogens with zero attached hydrogens (tertiary/aromatic N) is 1. The Morgan fingerprint density at radius 1 is 1.31 bits per heavy atom. The molecule has 0 radical (unpaired) electrons. The van der Waals surface area contributed by atoms with Gasteiger partial charge in [-0.3, -0.25) is 9.54 Å². The van der Waals surface area contributed by atoms with Crippen LogP contribution < -0.4 is 0 Å². The number of pyridine rings is 1. The van der Waals surface area contributed by atoms with Gasteiger partial charge in [-0.1, -0.05) is 6.07 Å². The summed E-state index contributed by atoms with van der Waals surface area (Å²) in [6.07, 6.45) is 1.81. The van der Waals surface area contributed by atoms with E-state index in [1.54, 1.807) is 0 Å². The molecule has 1 rings (SSSR count). The van der Waals surface area contributed by atoms with Gasteiger partial charge in [0.15, 0.2) is 0 Å². The fourth-order valence-corrected chi connectivity index (χ4v) is 0.565. The van der Waals surface area contributed by atoms with Crippen molar-refractivity contribution in [3.63, 3.8) is 0 Å². The van der Waals surface area contributed by atoms with Gasteiger partial charge in [0.1, 0.15) is 0 Å². The Bertz CT molecular complexity index is 421. The molecular formula is C8H10F3NO3S. The second kappa shape index (κ2) is 5.26. The predicted octanol–water partition coefficient (Wildman–Crippen LogP) is 2.09. The van der Waals surface area contributed by atoms with E-state index in [2.05, 4.69) is 18.0 Å². The Balaban J connectivity index is 0.000000281. The van der Waals surface area contributed by atoms with E-state index in [1.165, 1.54) is 5.56 Å². The van der Waals surface area contributed by atoms with Crippen LogP contribution in [0.4, 0.5) is 13.2 Å². The fraction of sp³-hybridized carbons (Fsp3) is 0.375. The quantitative estimate of drug-likeness (QED) is 0.571. The van der Waals surface area contributed by atoms with Gasteiger partial charge in [0.05, 0.1) is 0 Å². The Morgan fingerprint density at radius 2 is 1.75 bits per heavy atom. The summed E-state index contributed by atoms with van der Waals surface area (Å²) >= 11 is 0. The van der Waals surface area contributed by atoms with Gasteiger partial charge in [-0.2, -0.15) is 21.6 Å². The molecule has 0 aliphatic heterocycles. The lowest BCUT2D eigenvalue weighted by Crippen LogP contribution is -2.21. The highest BCUT2D eigenvalue weighted by molar-refractivity contribution is 7.86. The summed E-state index contributed by atoms with van der Waals surface area (Å²) in [6, 6.07) is 4.00. The third-order valence-corrected chi connectivity index (χ3v) is 2.15. The largest absolute Gasteiger partial charge is 0.522 e. The maximum Gasteiger partial charge on any atom is 0.522 e. The number of aromatic nitrogens is 1. The number of hydrogen-bond acceptors (Lipinski definition) is 3. The first-order valence-electron chi connectivity index (χ1n) is 3.97. The van der Waals surface area contributed by atoms with E-state index in [-0.39, 0.29) is 0 Å². The lowest BCUT2D eigenvalue weighted by molar-refractivity contribution is -0.0510. The van der Waals surface area contributed by atoms with Gasteiger partial charge < -0.3 is 0 Å². The van der Waals surface area contributed by atoms with E-state index in [0.29, 0.717) is 0 Å². The van der Waals surface area contributed by atoms with Crippen molar-refractivity contribution in [2.24, 2.45) is 0 Å². The maximum atomic E-state index is 10.7. The first-order valence-corrected chi connectivity index (χ1v) is 5.41. The highest BCUT2D eigenvalue weighted by Crippen LogP contribution is 2.20. The summed E-state index contributed by atoms with van der Waals surface area (Å²) < 4.78 is 57.5. The van der Waals surface area contributed by atoms with Crippen LogP contribution in [-0.4, -0.2) is 23.5 Å². The van der Waals surface area contributed by atoms with Crippen LogP contribution in [0.1, 0.15) is 11.3 Å². The molecule has 1 aromatic heterocycles. The summed E-state index contributed by atoms with van der Waals surface area (Å²) in [6.45, 7) is 4.07. The minimum atomic E-state index is -5.84. The molecule has 0 atom stereocenters. The van der Waals surface area contributed by atoms with E-state index >= 15 is 0 Å². The molecule has 1 aromatic rings. The molecule has 0 aliphatic rings. The Hall–Kier alpha value is -1.15. The zero-order valence-corrected chi connectivity index (χ0v) is 9.30. The van der Waals surface area contributed by atoms with E-state index in [1.807, 2.05) is 19.2 Å². The number of halogens is 3. The summed E-state index contributed by atoms with van der Waals surface area (Å²) in [4.78, 5) is 4.08. The third kappa shape index (κ3) is 5.08. The SMILES string of the molecule is Cc1cccnc1C.O=S(=O)(O)C(F)(F)F. The van der Waals surface area contributed by atoms with E-state index < -0.39 is 15.6 Å². The normalized spacial score (nSPS) is 11.6. The first-order chi connectivity index (χ1) is 7.05. The molecule has 0 saturated heterocycles. The molecule has 16 heavy (non-hydrogen) atoms. The van der Waals surface area contributed by atoms with E-state index in [0.717, 1.165) is 5.69 Å². The standard InChI is InChI=1S/C7H9N.CHF3O3S/c1-6-4-3-5-8-7(6)2;2-1(3,4)8(5,6)7/h3-5H,1-2H3;(H,5,6,7). The smallest absolute Gasteiger partial charge is 0.279 e. The van der Waals surface area contributed by atoms with Crippen molar-refractivity contribution in [2.45, 2.75) is 19.4 Å². The van der Waals surface area contributed by atoms with Crippen LogP contribution in [0.5, 0.6) is 0 Å². The summed E-state index contributed by atoms with van der Waals surface area (Å²) in [5, 5.41) is 0. The molecule has 0 amide bonds. The van der Waals surface area contributed by atoms with Crippen LogP contribution in [0.15, 0.2) is 18.3 Å². The van der Waals surface area contributed by atoms with Gasteiger partial charge in [-0.25, -0.2) is 0 Å². The van der Waals surface area contributed by atoms with Crippen molar-refractivity contribution < 1.29 is 26.1 Å². The Kier molecular flexibility index (Phi) is 4.88. The van der Waals surface area contributed by atoms with Crippen molar-refractivity contribution in [3.8, 4) is 0 Å². The fourth-order valence-electron chi connectivity index (χ4n) is 0.565. The van der Waals surface area contributed by atoms with Gasteiger partial charge in [0.25, 0.3) is 0 Å². The van der Waals surface area contributed by atoms with Gasteiger partial charge in [-0.05, 0) is 25.5 Å². The van der Waals surface area contributed by atoms with Gasteiger partial charge >= 0.3 is 15.6 Å². The summed E-state index contributed by atoms with van der Waals surface area (Å²) in [5.41, 5.74) is -3.16. The average Bonchev–Trinajstić information content (AvgIpc) is 2.08. The van der Waals surface area contributed by atoms with Crippen LogP contribution in [0, 0.1) is 13.8 Å². The van der Waals surface area contributed by atoms with Crippen molar-refractivity contribution in [2.75, 3.05) is 0 Å². The second-order valence-corrected chi connectivity index (χ2v) is 4.24. The molecule has 4 nitrogen and oxygen atoms in total. The molecule has 0 saturated carbocycles. The number of aryl methyl sites for hydroxylation is 2. The topological polar surface area (TPSA) is 67.3 Å². The predicted molar refractivity (Wildman–Crippen MR) is 51.3 cm³/mol. The van der Waals surface area contributed by atoms with Crippen LogP contribution in [0.3, 0.4) is 0 Å². The number of rotatable bonds is 0. The Labute approximate surface area is 90.9 Å². The first kappa shape index (κ1) is 14.8. The van der Waals surface area contributed by atoms with Crippen LogP contribution in [0.2, 0.25) is 0 Å². The van der Waals surface area contributed by atoms with Crippen LogP contribution >= 0.6 is 0 Å². The lowest BCUT2D eigenvalue weighted by atomic mass is 10.2. The monoisotopic (exact) mass is 257 g/mol. The average molecular weight is 257 g/mol. The van der Waals surface area contributed by atoms with E-state index in [9.17, 15) is 13.2 Å². The van der Waals surface area contributed by atoms with Gasteiger partial charge in [0.2, 0.25) is 0 Å². The van der Waals surface area contributed by atoms with Crippen molar-refractivity contribution >= 4 is 10.1 Å². The second-order valence-electron chi connectivity index (χ2n) is 2.83. The molecule has 1 N–H and O–H groups in total. The zero-order chi connectivity index (χ0) is 13.0. The maximum absolute atomic E-state index is 10.7. The molecular weight excluding hydrogens is 247 g/mol. The molecule has 92 valence electrons. The third-order valence-electron chi connectivity index (χ3n) is 1.56. The van der Waals surface area contributed by atoms with Crippen molar-refractivity contribution in [1.29, 1.82) is 0 Å². The molecule has 0 spiro atoms. The molecule has 0 aromatic carbocycles. The number of hydrogen-bond donors (Lipinski definition) is 1. The molecule has 0 bridgehead atoms. The molecule has 0 fully saturated rings. The van der Waals surface area contributed by atoms with Crippen molar-refractivity contribution in [1.82, 2.24) is 4.98 Å². The van der Waals surface area contributed by atoms with Crippen LogP contribution in [-0.2, 0) is 10.1 Å². The zero-order valence-electron chi connectivity index (χ0n) is 8.49. The number of alkyl halides is 3. The lowest BCUT2D eigenvalue weighted by Gasteiger charge is -1.97. The van der Waals surface area contributed by atoms with E-state index in [4.69, 9.17) is 13.0 Å². The molecule has 0 aliphatic carbocycles. The van der Waals surface area contributed by atoms with Crippen LogP contribution in [0.25, 0.3) is 0 Å². The molecule has 1 heterocycles. The highest BCUT2D eigenvalue weighted by atomic mass is 32.2. The minimum Gasteiger partial charge on any atom is -0.279 e. The van der Waals surface area contributed by atoms with Crippen molar-refractivity contribution in [3.05, 3.63) is 29.6 Å². The molecule has 8 heteroatoms. The summed E-state index contributed by atoms with van der Waals surface area (Å²) in [5.74, 6) is 0. The minimum absolute atomic E-state index is 1.12. The molecule has 0 unspecified atom stereocenters. The van der Waals surface area contributed by atoms with Gasteiger partial charge in [0, 0.05) is 11.9 Å². The Morgan fingerprint density at radius 3 is 1.94 bits per heavy atom. The highest BCUT2D eigenvalue weighted by Gasteiger charge is 2.44. The van der Waals surface area contributed by atoms with Gasteiger partial charge in [-0.15, -0.1) is 0 Å². The summed E-state index contributed by atoms with van der Waals surface area (Å²) in [7, 11) is -5.84.